The number of hydrogen-bond donors (Lipinski definition) is 1. The van der Waals surface area contributed by atoms with E-state index in [0.717, 1.165) is 11.3 Å². The maximum Gasteiger partial charge on any atom is 0.432 e. The first-order valence-corrected chi connectivity index (χ1v) is 6.36. The molecule has 2 aromatic heterocycles. The fraction of sp³-hybridized carbons (Fsp3) is 0.364. The molecule has 0 aliphatic carbocycles. The van der Waals surface area contributed by atoms with Crippen LogP contribution in [-0.2, 0) is 4.74 Å². The van der Waals surface area contributed by atoms with Crippen LogP contribution in [-0.4, -0.2) is 27.1 Å². The molecule has 5 nitrogen and oxygen atoms in total. The zero-order valence-electron chi connectivity index (χ0n) is 10.5. The fourth-order valence-corrected chi connectivity index (χ4v) is 2.32. The highest BCUT2D eigenvalue weighted by Crippen LogP contribution is 2.37. The number of rotatable bonds is 3. The van der Waals surface area contributed by atoms with Crippen molar-refractivity contribution in [2.24, 2.45) is 0 Å². The molecule has 2 heterocycles. The van der Waals surface area contributed by atoms with Crippen molar-refractivity contribution in [3.63, 3.8) is 0 Å². The number of aromatic nitrogens is 3. The van der Waals surface area contributed by atoms with Gasteiger partial charge in [0.2, 0.25) is 6.10 Å². The minimum absolute atomic E-state index is 0.174. The van der Waals surface area contributed by atoms with Crippen LogP contribution in [0.2, 0.25) is 0 Å². The van der Waals surface area contributed by atoms with E-state index in [2.05, 4.69) is 19.7 Å². The number of carbonyl (C=O) groups excluding carboxylic acids is 1. The molecule has 2 rings (SSSR count). The molecule has 20 heavy (non-hydrogen) atoms. The summed E-state index contributed by atoms with van der Waals surface area (Å²) in [7, 11) is 0. The second kappa shape index (κ2) is 5.23. The Morgan fingerprint density at radius 3 is 2.60 bits per heavy atom. The van der Waals surface area contributed by atoms with Gasteiger partial charge in [-0.1, -0.05) is 0 Å². The molecule has 0 radical (unpaired) electrons. The third kappa shape index (κ3) is 2.98. The Balaban J connectivity index is 2.26. The summed E-state index contributed by atoms with van der Waals surface area (Å²) in [6.07, 6.45) is -5.91. The number of ether oxygens (including phenoxy) is 1. The van der Waals surface area contributed by atoms with Gasteiger partial charge in [0.15, 0.2) is 5.69 Å². The third-order valence-corrected chi connectivity index (χ3v) is 3.41. The van der Waals surface area contributed by atoms with Crippen LogP contribution in [0.3, 0.4) is 0 Å². The number of nitrogens with one attached hydrogen (secondary N) is 1. The lowest BCUT2D eigenvalue weighted by molar-refractivity contribution is -0.207. The van der Waals surface area contributed by atoms with E-state index in [1.54, 1.807) is 6.92 Å². The van der Waals surface area contributed by atoms with Crippen LogP contribution in [0.15, 0.2) is 11.7 Å². The van der Waals surface area contributed by atoms with Gasteiger partial charge in [-0.05, 0) is 13.8 Å². The van der Waals surface area contributed by atoms with Crippen molar-refractivity contribution in [1.29, 1.82) is 0 Å². The average Bonchev–Trinajstić information content (AvgIpc) is 2.93. The lowest BCUT2D eigenvalue weighted by atomic mass is 10.3. The minimum atomic E-state index is -4.73. The molecule has 0 fully saturated rings. The molecule has 0 aliphatic rings. The van der Waals surface area contributed by atoms with Crippen LogP contribution in [0.5, 0.6) is 0 Å². The number of hydrogen-bond acceptors (Lipinski definition) is 5. The van der Waals surface area contributed by atoms with Crippen LogP contribution in [0.25, 0.3) is 0 Å². The summed E-state index contributed by atoms with van der Waals surface area (Å²) in [6, 6.07) is 0. The van der Waals surface area contributed by atoms with E-state index in [4.69, 9.17) is 0 Å². The topological polar surface area (TPSA) is 67.9 Å². The molecule has 108 valence electrons. The second-order valence-electron chi connectivity index (χ2n) is 4.03. The lowest BCUT2D eigenvalue weighted by Gasteiger charge is -2.18. The molecular weight excluding hydrogens is 295 g/mol. The van der Waals surface area contributed by atoms with Crippen LogP contribution in [0.4, 0.5) is 13.2 Å². The van der Waals surface area contributed by atoms with Gasteiger partial charge >= 0.3 is 12.1 Å². The molecule has 0 amide bonds. The molecule has 0 saturated carbocycles. The summed E-state index contributed by atoms with van der Waals surface area (Å²) in [5.41, 5.74) is 0.602. The first-order valence-electron chi connectivity index (χ1n) is 5.48. The van der Waals surface area contributed by atoms with Crippen molar-refractivity contribution in [3.05, 3.63) is 33.8 Å². The Bertz CT molecular complexity index is 620. The minimum Gasteiger partial charge on any atom is -0.440 e. The maximum absolute atomic E-state index is 13.0. The number of imidazole rings is 1. The monoisotopic (exact) mass is 305 g/mol. The van der Waals surface area contributed by atoms with E-state index >= 15 is 0 Å². The molecule has 0 aromatic carbocycles. The largest absolute Gasteiger partial charge is 0.440 e. The van der Waals surface area contributed by atoms with Gasteiger partial charge in [-0.15, -0.1) is 11.3 Å². The molecule has 9 heteroatoms. The smallest absolute Gasteiger partial charge is 0.432 e. The Morgan fingerprint density at radius 1 is 1.45 bits per heavy atom. The summed E-state index contributed by atoms with van der Waals surface area (Å²) in [5.74, 6) is -1.14. The highest BCUT2D eigenvalue weighted by Gasteiger charge is 2.46. The Morgan fingerprint density at radius 2 is 2.15 bits per heavy atom. The van der Waals surface area contributed by atoms with Crippen LogP contribution in [0, 0.1) is 13.8 Å². The number of aryl methyl sites for hydroxylation is 2. The molecule has 0 spiro atoms. The zero-order chi connectivity index (χ0) is 14.9. The van der Waals surface area contributed by atoms with E-state index in [9.17, 15) is 18.0 Å². The van der Waals surface area contributed by atoms with Gasteiger partial charge in [-0.2, -0.15) is 13.2 Å². The van der Waals surface area contributed by atoms with Gasteiger partial charge in [-0.25, -0.2) is 14.8 Å². The Kier molecular flexibility index (Phi) is 3.80. The fourth-order valence-electron chi connectivity index (χ4n) is 1.48. The van der Waals surface area contributed by atoms with Crippen molar-refractivity contribution in [3.8, 4) is 0 Å². The van der Waals surface area contributed by atoms with Gasteiger partial charge in [-0.3, -0.25) is 0 Å². The molecule has 0 aliphatic heterocycles. The molecule has 0 saturated heterocycles. The molecular formula is C11H10F3N3O2S. The summed E-state index contributed by atoms with van der Waals surface area (Å²) in [5, 5.41) is 1.15. The number of nitrogens with zero attached hydrogens (tertiary/aromatic N) is 2. The van der Waals surface area contributed by atoms with Crippen molar-refractivity contribution in [1.82, 2.24) is 15.0 Å². The normalized spacial score (nSPS) is 13.2. The van der Waals surface area contributed by atoms with E-state index < -0.39 is 18.2 Å². The number of H-pyrrole nitrogens is 1. The van der Waals surface area contributed by atoms with Gasteiger partial charge in [0.1, 0.15) is 5.01 Å². The van der Waals surface area contributed by atoms with E-state index in [1.807, 2.05) is 0 Å². The molecule has 2 aromatic rings. The number of alkyl halides is 3. The predicted octanol–water partition coefficient (Wildman–Crippen LogP) is 2.94. The summed E-state index contributed by atoms with van der Waals surface area (Å²) in [6.45, 7) is 3.08. The number of esters is 1. The van der Waals surface area contributed by atoms with Crippen LogP contribution in [0.1, 0.15) is 33.0 Å². The van der Waals surface area contributed by atoms with Crippen LogP contribution < -0.4 is 0 Å². The van der Waals surface area contributed by atoms with Gasteiger partial charge in [0.05, 0.1) is 6.33 Å². The van der Waals surface area contributed by atoms with E-state index in [-0.39, 0.29) is 10.7 Å². The number of carbonyl (C=O) groups is 1. The molecule has 0 bridgehead atoms. The first-order chi connectivity index (χ1) is 9.29. The standard InChI is InChI=1S/C11H10F3N3O2S/c1-5-3-20-9(17-5)8(11(12,13)14)19-10(18)7-6(2)15-4-16-7/h3-4,8H,1-2H3,(H,15,16). The zero-order valence-corrected chi connectivity index (χ0v) is 11.3. The van der Waals surface area contributed by atoms with E-state index in [0.29, 0.717) is 11.4 Å². The summed E-state index contributed by atoms with van der Waals surface area (Å²) >= 11 is 0.791. The second-order valence-corrected chi connectivity index (χ2v) is 4.92. The first kappa shape index (κ1) is 14.5. The maximum atomic E-state index is 13.0. The Labute approximate surface area is 115 Å². The van der Waals surface area contributed by atoms with Gasteiger partial charge in [0.25, 0.3) is 0 Å². The summed E-state index contributed by atoms with van der Waals surface area (Å²) < 4.78 is 43.5. The van der Waals surface area contributed by atoms with E-state index in [1.165, 1.54) is 18.6 Å². The summed E-state index contributed by atoms with van der Waals surface area (Å²) in [4.78, 5) is 21.7. The van der Waals surface area contributed by atoms with Crippen molar-refractivity contribution < 1.29 is 22.7 Å². The van der Waals surface area contributed by atoms with Crippen LogP contribution >= 0.6 is 11.3 Å². The molecule has 1 atom stereocenters. The number of aromatic amines is 1. The van der Waals surface area contributed by atoms with Crippen molar-refractivity contribution in [2.45, 2.75) is 26.1 Å². The highest BCUT2D eigenvalue weighted by molar-refractivity contribution is 7.09. The Hall–Kier alpha value is -1.90. The molecule has 1 unspecified atom stereocenters. The average molecular weight is 305 g/mol. The quantitative estimate of drug-likeness (QED) is 0.885. The SMILES string of the molecule is Cc1csc(C(OC(=O)c2nc[nH]c2C)C(F)(F)F)n1. The number of thiazole rings is 1. The third-order valence-electron chi connectivity index (χ3n) is 2.41. The van der Waals surface area contributed by atoms with Gasteiger partial charge in [0, 0.05) is 16.8 Å². The number of halogens is 3. The highest BCUT2D eigenvalue weighted by atomic mass is 32.1. The lowest BCUT2D eigenvalue weighted by Crippen LogP contribution is -2.26. The van der Waals surface area contributed by atoms with Crippen molar-refractivity contribution in [2.75, 3.05) is 0 Å². The van der Waals surface area contributed by atoms with Crippen molar-refractivity contribution >= 4 is 17.3 Å². The predicted molar refractivity (Wildman–Crippen MR) is 64.4 cm³/mol. The van der Waals surface area contributed by atoms with Gasteiger partial charge < -0.3 is 9.72 Å². The molecule has 1 N–H and O–H groups in total.